The van der Waals surface area contributed by atoms with Crippen molar-refractivity contribution < 1.29 is 38.9 Å². The molecule has 1 aliphatic heterocycles. The molecule has 1 aromatic rings. The number of carbonyl (C=O) groups excluding carboxylic acids is 4. The number of likely N-dealkylation sites (N-methyl/N-ethyl adjacent to an activating group) is 1. The van der Waals surface area contributed by atoms with Crippen molar-refractivity contribution in [2.24, 2.45) is 17.6 Å². The summed E-state index contributed by atoms with van der Waals surface area (Å²) >= 11 is 0. The number of Topliss-reactive ketones (excluding diaryl/α,β-unsaturated/α-hetero) is 2. The van der Waals surface area contributed by atoms with Gasteiger partial charge in [-0.3, -0.25) is 29.0 Å². The van der Waals surface area contributed by atoms with Crippen molar-refractivity contribution in [2.45, 2.75) is 36.9 Å². The van der Waals surface area contributed by atoms with E-state index in [9.17, 15) is 34.5 Å². The van der Waals surface area contributed by atoms with Gasteiger partial charge in [0.05, 0.1) is 23.8 Å². The number of aromatic hydroxyl groups is 1. The summed E-state index contributed by atoms with van der Waals surface area (Å²) in [5.41, 5.74) is 3.95. The summed E-state index contributed by atoms with van der Waals surface area (Å²) in [6.07, 6.45) is 1.93. The van der Waals surface area contributed by atoms with Crippen LogP contribution in [0.25, 0.3) is 5.76 Å². The van der Waals surface area contributed by atoms with Crippen LogP contribution >= 0.6 is 9.24 Å². The van der Waals surface area contributed by atoms with Crippen LogP contribution in [0.3, 0.4) is 0 Å². The lowest BCUT2D eigenvalue weighted by molar-refractivity contribution is -0.131. The number of rotatable bonds is 5. The molecule has 0 radical (unpaired) electrons. The van der Waals surface area contributed by atoms with Crippen LogP contribution in [0.2, 0.25) is 0 Å². The number of benzene rings is 1. The standard InChI is InChI=1S/C27H32FN4O7P/c1-31(2)20-13-8-11-7-12-14(28)9-15(30-16(33)10-32-5-3-4-6-32)21(34)18(12)22(35)17(11)24(37)27(13,40)25(38)19(23(20)36)26(29)39/h9,11,13,20,34-35,38H,3-8,10,40H2,1-2H3,(H2,29,39)(H,30,33)/t11-,13-,20-,27-/m0/s1. The van der Waals surface area contributed by atoms with Crippen molar-refractivity contribution in [2.75, 3.05) is 39.0 Å². The molecule has 0 aromatic heterocycles. The Kier molecular flexibility index (Phi) is 7.00. The van der Waals surface area contributed by atoms with E-state index in [1.807, 2.05) is 4.90 Å². The average molecular weight is 575 g/mol. The lowest BCUT2D eigenvalue weighted by atomic mass is 9.59. The van der Waals surface area contributed by atoms with E-state index in [-0.39, 0.29) is 41.8 Å². The number of aliphatic hydroxyl groups is 2. The third-order valence-electron chi connectivity index (χ3n) is 8.61. The molecule has 0 bridgehead atoms. The summed E-state index contributed by atoms with van der Waals surface area (Å²) in [4.78, 5) is 55.5. The molecule has 6 N–H and O–H groups in total. The lowest BCUT2D eigenvalue weighted by Crippen LogP contribution is -2.63. The number of ketones is 2. The fourth-order valence-electron chi connectivity index (χ4n) is 6.76. The first-order valence-corrected chi connectivity index (χ1v) is 13.6. The number of nitrogens with two attached hydrogens (primary N) is 1. The Balaban J connectivity index is 1.60. The molecule has 5 rings (SSSR count). The molecule has 214 valence electrons. The van der Waals surface area contributed by atoms with E-state index in [1.54, 1.807) is 14.1 Å². The van der Waals surface area contributed by atoms with Crippen molar-refractivity contribution in [3.8, 4) is 5.75 Å². The molecule has 1 saturated carbocycles. The largest absolute Gasteiger partial charge is 0.510 e. The van der Waals surface area contributed by atoms with Crippen LogP contribution in [0.15, 0.2) is 23.0 Å². The number of hydrogen-bond acceptors (Lipinski definition) is 9. The summed E-state index contributed by atoms with van der Waals surface area (Å²) < 4.78 is 15.4. The predicted molar refractivity (Wildman–Crippen MR) is 146 cm³/mol. The maximum atomic E-state index is 15.4. The molecule has 1 aromatic carbocycles. The van der Waals surface area contributed by atoms with E-state index in [0.717, 1.165) is 32.0 Å². The van der Waals surface area contributed by atoms with Gasteiger partial charge in [-0.15, -0.1) is 9.24 Å². The number of carbonyl (C=O) groups is 4. The third-order valence-corrected chi connectivity index (χ3v) is 9.58. The van der Waals surface area contributed by atoms with E-state index in [1.165, 1.54) is 4.90 Å². The van der Waals surface area contributed by atoms with Crippen LogP contribution in [0, 0.1) is 17.7 Å². The summed E-state index contributed by atoms with van der Waals surface area (Å²) in [5.74, 6) is -7.63. The smallest absolute Gasteiger partial charge is 0.255 e. The second kappa shape index (κ2) is 9.94. The summed E-state index contributed by atoms with van der Waals surface area (Å²) in [6.45, 7) is 1.57. The predicted octanol–water partition coefficient (Wildman–Crippen LogP) is 1.02. The van der Waals surface area contributed by atoms with Gasteiger partial charge in [-0.1, -0.05) is 0 Å². The minimum absolute atomic E-state index is 0.0357. The van der Waals surface area contributed by atoms with Crippen molar-refractivity contribution in [3.63, 3.8) is 0 Å². The number of likely N-dealkylation sites (tertiary alicyclic amines) is 1. The number of nitrogens with one attached hydrogen (secondary N) is 1. The molecule has 0 spiro atoms. The maximum Gasteiger partial charge on any atom is 0.255 e. The molecule has 40 heavy (non-hydrogen) atoms. The summed E-state index contributed by atoms with van der Waals surface area (Å²) in [7, 11) is 5.43. The van der Waals surface area contributed by atoms with Crippen molar-refractivity contribution in [1.82, 2.24) is 9.80 Å². The fraction of sp³-hybridized carbons (Fsp3) is 0.481. The van der Waals surface area contributed by atoms with Crippen LogP contribution in [-0.4, -0.2) is 93.4 Å². The van der Waals surface area contributed by atoms with Gasteiger partial charge in [0, 0.05) is 23.1 Å². The molecule has 3 aliphatic carbocycles. The zero-order chi connectivity index (χ0) is 29.3. The van der Waals surface area contributed by atoms with Gasteiger partial charge in [0.1, 0.15) is 28.1 Å². The number of phenols is 1. The zero-order valence-corrected chi connectivity index (χ0v) is 23.3. The zero-order valence-electron chi connectivity index (χ0n) is 22.2. The van der Waals surface area contributed by atoms with Crippen molar-refractivity contribution in [1.29, 1.82) is 0 Å². The number of aliphatic hydroxyl groups excluding tert-OH is 2. The molecule has 2 amide bonds. The molecule has 1 saturated heterocycles. The number of nitrogens with zero attached hydrogens (tertiary/aromatic N) is 2. The van der Waals surface area contributed by atoms with E-state index < -0.39 is 75.1 Å². The summed E-state index contributed by atoms with van der Waals surface area (Å²) in [6, 6.07) is -0.0178. The molecule has 5 atom stereocenters. The Morgan fingerprint density at radius 1 is 1.23 bits per heavy atom. The Morgan fingerprint density at radius 2 is 1.88 bits per heavy atom. The van der Waals surface area contributed by atoms with Crippen LogP contribution < -0.4 is 11.1 Å². The second-order valence-corrected chi connectivity index (χ2v) is 12.1. The van der Waals surface area contributed by atoms with Gasteiger partial charge in [-0.05, 0) is 58.8 Å². The Morgan fingerprint density at radius 3 is 2.48 bits per heavy atom. The monoisotopic (exact) mass is 574 g/mol. The number of fused-ring (bicyclic) bond motifs is 3. The van der Waals surface area contributed by atoms with Gasteiger partial charge < -0.3 is 26.4 Å². The number of halogens is 1. The van der Waals surface area contributed by atoms with E-state index >= 15 is 4.39 Å². The molecule has 13 heteroatoms. The first-order chi connectivity index (χ1) is 18.8. The highest BCUT2D eigenvalue weighted by Gasteiger charge is 2.62. The minimum atomic E-state index is -1.87. The van der Waals surface area contributed by atoms with Gasteiger partial charge >= 0.3 is 0 Å². The SMILES string of the molecule is CN(C)[C@@H]1C(=O)C(C(N)=O)=C(O)[C@@]2(P)C(=O)C3=C(O)c4c(O)c(NC(=O)CN5CCCC5)cc(F)c4C[C@H]3C[C@@H]12. The Hall–Kier alpha value is -3.34. The van der Waals surface area contributed by atoms with Crippen LogP contribution in [0.5, 0.6) is 5.75 Å². The molecular formula is C27H32FN4O7P. The molecule has 4 aliphatic rings. The van der Waals surface area contributed by atoms with Crippen molar-refractivity contribution >= 4 is 44.1 Å². The van der Waals surface area contributed by atoms with Crippen LogP contribution in [0.1, 0.15) is 30.4 Å². The van der Waals surface area contributed by atoms with Gasteiger partial charge in [0.25, 0.3) is 5.91 Å². The Bertz CT molecular complexity index is 1420. The van der Waals surface area contributed by atoms with Gasteiger partial charge in [0.2, 0.25) is 5.91 Å². The lowest BCUT2D eigenvalue weighted by Gasteiger charge is -2.51. The fourth-order valence-corrected chi connectivity index (χ4v) is 7.38. The molecule has 11 nitrogen and oxygen atoms in total. The normalized spacial score (nSPS) is 28.5. The van der Waals surface area contributed by atoms with Crippen molar-refractivity contribution in [3.05, 3.63) is 39.9 Å². The summed E-state index contributed by atoms with van der Waals surface area (Å²) in [5, 5.41) is 34.1. The third kappa shape index (κ3) is 4.12. The number of allylic oxidation sites excluding steroid dienone is 2. The highest BCUT2D eigenvalue weighted by Crippen LogP contribution is 2.56. The second-order valence-electron chi connectivity index (χ2n) is 11.2. The molecule has 1 unspecified atom stereocenters. The van der Waals surface area contributed by atoms with Gasteiger partial charge in [-0.2, -0.15) is 0 Å². The first-order valence-electron chi connectivity index (χ1n) is 13.1. The highest BCUT2D eigenvalue weighted by molar-refractivity contribution is 7.22. The van der Waals surface area contributed by atoms with Crippen LogP contribution in [-0.2, 0) is 25.6 Å². The number of hydrogen-bond donors (Lipinski definition) is 5. The topological polar surface area (TPSA) is 174 Å². The quantitative estimate of drug-likeness (QED) is 0.195. The number of primary amides is 1. The number of amides is 2. The number of anilines is 1. The van der Waals surface area contributed by atoms with E-state index in [0.29, 0.717) is 0 Å². The van der Waals surface area contributed by atoms with Gasteiger partial charge in [-0.25, -0.2) is 4.39 Å². The molecular weight excluding hydrogens is 542 g/mol. The van der Waals surface area contributed by atoms with Crippen LogP contribution in [0.4, 0.5) is 10.1 Å². The average Bonchev–Trinajstić information content (AvgIpc) is 3.37. The highest BCUT2D eigenvalue weighted by atomic mass is 31.0. The Labute approximate surface area is 232 Å². The van der Waals surface area contributed by atoms with E-state index in [2.05, 4.69) is 14.6 Å². The first kappa shape index (κ1) is 28.2. The number of phenolic OH excluding ortho intramolecular Hbond substituents is 1. The maximum absolute atomic E-state index is 15.4. The molecule has 1 heterocycles. The van der Waals surface area contributed by atoms with Gasteiger partial charge in [0.15, 0.2) is 17.3 Å². The van der Waals surface area contributed by atoms with E-state index in [4.69, 9.17) is 5.73 Å². The molecule has 2 fully saturated rings. The minimum Gasteiger partial charge on any atom is -0.510 e.